The normalized spacial score (nSPS) is 14.8. The quantitative estimate of drug-likeness (QED) is 0.905. The van der Waals surface area contributed by atoms with E-state index in [9.17, 15) is 4.79 Å². The van der Waals surface area contributed by atoms with Gasteiger partial charge < -0.3 is 5.32 Å². The van der Waals surface area contributed by atoms with Gasteiger partial charge in [0.1, 0.15) is 0 Å². The summed E-state index contributed by atoms with van der Waals surface area (Å²) in [4.78, 5) is 17.3. The zero-order valence-electron chi connectivity index (χ0n) is 11.9. The van der Waals surface area contributed by atoms with Crippen LogP contribution in [0.3, 0.4) is 0 Å². The number of hydrogen-bond donors (Lipinski definition) is 1. The van der Waals surface area contributed by atoms with Gasteiger partial charge in [-0.15, -0.1) is 11.3 Å². The van der Waals surface area contributed by atoms with Crippen molar-refractivity contribution in [2.75, 3.05) is 5.32 Å². The van der Waals surface area contributed by atoms with Gasteiger partial charge >= 0.3 is 0 Å². The highest BCUT2D eigenvalue weighted by molar-refractivity contribution is 7.15. The minimum absolute atomic E-state index is 0.112. The number of benzene rings is 1. The number of aromatic nitrogens is 1. The molecule has 0 atom stereocenters. The van der Waals surface area contributed by atoms with Crippen LogP contribution in [0, 0.1) is 12.8 Å². The summed E-state index contributed by atoms with van der Waals surface area (Å²) in [6, 6.07) is 6.09. The van der Waals surface area contributed by atoms with E-state index < -0.39 is 0 Å². The van der Waals surface area contributed by atoms with Crippen molar-refractivity contribution in [1.29, 1.82) is 0 Å². The van der Waals surface area contributed by atoms with E-state index in [0.29, 0.717) is 5.13 Å². The van der Waals surface area contributed by atoms with Crippen molar-refractivity contribution >= 4 is 34.0 Å². The van der Waals surface area contributed by atoms with Crippen LogP contribution in [0.2, 0.25) is 5.02 Å². The lowest BCUT2D eigenvalue weighted by Gasteiger charge is -2.23. The van der Waals surface area contributed by atoms with E-state index >= 15 is 0 Å². The first-order chi connectivity index (χ1) is 10.1. The van der Waals surface area contributed by atoms with Crippen molar-refractivity contribution in [2.24, 2.45) is 5.92 Å². The number of anilines is 1. The summed E-state index contributed by atoms with van der Waals surface area (Å²) < 4.78 is 0. The van der Waals surface area contributed by atoms with E-state index in [2.05, 4.69) is 16.4 Å². The molecule has 1 aliphatic rings. The molecule has 1 heterocycles. The number of nitrogens with one attached hydrogen (secondary N) is 1. The van der Waals surface area contributed by atoms with E-state index in [1.165, 1.54) is 11.3 Å². The minimum Gasteiger partial charge on any atom is -0.302 e. The number of thiazole rings is 1. The van der Waals surface area contributed by atoms with Gasteiger partial charge in [0.15, 0.2) is 5.13 Å². The second-order valence-electron chi connectivity index (χ2n) is 5.51. The van der Waals surface area contributed by atoms with Crippen LogP contribution in [0.5, 0.6) is 0 Å². The molecule has 0 unspecified atom stereocenters. The van der Waals surface area contributed by atoms with Gasteiger partial charge in [-0.2, -0.15) is 0 Å². The summed E-state index contributed by atoms with van der Waals surface area (Å²) in [6.45, 7) is 1.99. The first kappa shape index (κ1) is 14.5. The largest absolute Gasteiger partial charge is 0.302 e. The molecule has 0 saturated heterocycles. The Bertz CT molecular complexity index is 664. The molecule has 21 heavy (non-hydrogen) atoms. The lowest BCUT2D eigenvalue weighted by atomic mass is 9.85. The fraction of sp³-hybridized carbons (Fsp3) is 0.375. The molecule has 1 amide bonds. The Kier molecular flexibility index (Phi) is 4.27. The summed E-state index contributed by atoms with van der Waals surface area (Å²) in [5.74, 6) is 0.300. The standard InChI is InChI=1S/C16H17ClN2OS/c1-10-5-6-11(8-14(10)17)7-13-9-18-16(21-13)19-15(20)12-3-2-4-12/h5-6,8-9,12H,2-4,7H2,1H3,(H,18,19,20). The molecule has 0 spiro atoms. The van der Waals surface area contributed by atoms with Gasteiger partial charge in [0, 0.05) is 28.4 Å². The number of carbonyl (C=O) groups is 1. The van der Waals surface area contributed by atoms with Gasteiger partial charge in [0.25, 0.3) is 0 Å². The predicted molar refractivity (Wildman–Crippen MR) is 87.1 cm³/mol. The lowest BCUT2D eigenvalue weighted by Crippen LogP contribution is -2.27. The SMILES string of the molecule is Cc1ccc(Cc2cnc(NC(=O)C3CCC3)s2)cc1Cl. The molecule has 1 fully saturated rings. The number of hydrogen-bond acceptors (Lipinski definition) is 3. The number of carbonyl (C=O) groups excluding carboxylic acids is 1. The average Bonchev–Trinajstić information content (AvgIpc) is 2.79. The number of halogens is 1. The first-order valence-electron chi connectivity index (χ1n) is 7.12. The second kappa shape index (κ2) is 6.16. The molecule has 110 valence electrons. The van der Waals surface area contributed by atoms with Crippen LogP contribution in [-0.2, 0) is 11.2 Å². The fourth-order valence-corrected chi connectivity index (χ4v) is 3.33. The molecular formula is C16H17ClN2OS. The molecule has 5 heteroatoms. The topological polar surface area (TPSA) is 42.0 Å². The van der Waals surface area contributed by atoms with Crippen molar-refractivity contribution in [3.63, 3.8) is 0 Å². The van der Waals surface area contributed by atoms with Crippen LogP contribution in [0.1, 0.15) is 35.3 Å². The Hall–Kier alpha value is -1.39. The highest BCUT2D eigenvalue weighted by Crippen LogP contribution is 2.29. The maximum Gasteiger partial charge on any atom is 0.229 e. The zero-order chi connectivity index (χ0) is 14.8. The number of nitrogens with zero attached hydrogens (tertiary/aromatic N) is 1. The van der Waals surface area contributed by atoms with Crippen molar-refractivity contribution < 1.29 is 4.79 Å². The van der Waals surface area contributed by atoms with E-state index in [1.807, 2.05) is 25.3 Å². The van der Waals surface area contributed by atoms with Crippen molar-refractivity contribution in [2.45, 2.75) is 32.6 Å². The highest BCUT2D eigenvalue weighted by Gasteiger charge is 2.25. The van der Waals surface area contributed by atoms with Crippen LogP contribution in [0.25, 0.3) is 0 Å². The number of amides is 1. The smallest absolute Gasteiger partial charge is 0.229 e. The van der Waals surface area contributed by atoms with E-state index in [-0.39, 0.29) is 11.8 Å². The average molecular weight is 321 g/mol. The monoisotopic (exact) mass is 320 g/mol. The van der Waals surface area contributed by atoms with E-state index in [1.54, 1.807) is 0 Å². The van der Waals surface area contributed by atoms with Gasteiger partial charge in [-0.05, 0) is 37.0 Å². The Morgan fingerprint density at radius 3 is 2.95 bits per heavy atom. The second-order valence-corrected chi connectivity index (χ2v) is 7.03. The van der Waals surface area contributed by atoms with Gasteiger partial charge in [0.2, 0.25) is 5.91 Å². The van der Waals surface area contributed by atoms with Gasteiger partial charge in [-0.25, -0.2) is 4.98 Å². The van der Waals surface area contributed by atoms with Gasteiger partial charge in [-0.3, -0.25) is 4.79 Å². The van der Waals surface area contributed by atoms with E-state index in [4.69, 9.17) is 11.6 Å². The third kappa shape index (κ3) is 3.44. The van der Waals surface area contributed by atoms with Gasteiger partial charge in [0.05, 0.1) is 0 Å². The molecule has 1 aliphatic carbocycles. The number of aryl methyl sites for hydroxylation is 1. The summed E-state index contributed by atoms with van der Waals surface area (Å²) in [6.07, 6.45) is 5.79. The molecule has 1 aromatic carbocycles. The zero-order valence-corrected chi connectivity index (χ0v) is 13.4. The molecule has 1 N–H and O–H groups in total. The third-order valence-electron chi connectivity index (χ3n) is 3.87. The van der Waals surface area contributed by atoms with Crippen LogP contribution in [0.4, 0.5) is 5.13 Å². The van der Waals surface area contributed by atoms with Gasteiger partial charge in [-0.1, -0.05) is 30.2 Å². The summed E-state index contributed by atoms with van der Waals surface area (Å²) in [5.41, 5.74) is 2.24. The Morgan fingerprint density at radius 1 is 1.48 bits per heavy atom. The highest BCUT2D eigenvalue weighted by atomic mass is 35.5. The van der Waals surface area contributed by atoms with Crippen molar-refractivity contribution in [1.82, 2.24) is 4.98 Å². The third-order valence-corrected chi connectivity index (χ3v) is 5.19. The van der Waals surface area contributed by atoms with Crippen LogP contribution >= 0.6 is 22.9 Å². The number of rotatable bonds is 4. The predicted octanol–water partition coefficient (Wildman–Crippen LogP) is 4.43. The maximum atomic E-state index is 11.9. The molecule has 0 aliphatic heterocycles. The first-order valence-corrected chi connectivity index (χ1v) is 8.32. The Labute approximate surface area is 133 Å². The fourth-order valence-electron chi connectivity index (χ4n) is 2.27. The Balaban J connectivity index is 1.64. The summed E-state index contributed by atoms with van der Waals surface area (Å²) >= 11 is 7.67. The molecule has 0 bridgehead atoms. The van der Waals surface area contributed by atoms with Crippen LogP contribution < -0.4 is 5.32 Å². The summed E-state index contributed by atoms with van der Waals surface area (Å²) in [7, 11) is 0. The van der Waals surface area contributed by atoms with Crippen molar-refractivity contribution in [3.05, 3.63) is 45.4 Å². The lowest BCUT2D eigenvalue weighted by molar-refractivity contribution is -0.122. The van der Waals surface area contributed by atoms with E-state index in [0.717, 1.165) is 46.7 Å². The molecule has 0 radical (unpaired) electrons. The molecular weight excluding hydrogens is 304 g/mol. The molecule has 3 rings (SSSR count). The minimum atomic E-state index is 0.112. The van der Waals surface area contributed by atoms with Crippen LogP contribution in [0.15, 0.2) is 24.4 Å². The Morgan fingerprint density at radius 2 is 2.29 bits per heavy atom. The molecule has 2 aromatic rings. The van der Waals surface area contributed by atoms with Crippen molar-refractivity contribution in [3.8, 4) is 0 Å². The molecule has 1 aromatic heterocycles. The summed E-state index contributed by atoms with van der Waals surface area (Å²) in [5, 5.41) is 4.40. The van der Waals surface area contributed by atoms with Crippen LogP contribution in [-0.4, -0.2) is 10.9 Å². The molecule has 3 nitrogen and oxygen atoms in total. The molecule has 1 saturated carbocycles. The maximum absolute atomic E-state index is 11.9.